The Bertz CT molecular complexity index is 1030. The lowest BCUT2D eigenvalue weighted by atomic mass is 9.77. The number of hydrogen-bond acceptors (Lipinski definition) is 4. The highest BCUT2D eigenvalue weighted by Gasteiger charge is 2.47. The van der Waals surface area contributed by atoms with Crippen LogP contribution in [-0.2, 0) is 9.59 Å². The summed E-state index contributed by atoms with van der Waals surface area (Å²) in [4.78, 5) is 27.2. The summed E-state index contributed by atoms with van der Waals surface area (Å²) in [6.07, 6.45) is -6.72. The van der Waals surface area contributed by atoms with Crippen molar-refractivity contribution in [2.45, 2.75) is 59.8 Å². The second-order valence-electron chi connectivity index (χ2n) is 10.3. The van der Waals surface area contributed by atoms with Crippen LogP contribution < -0.4 is 9.80 Å². The van der Waals surface area contributed by atoms with Crippen molar-refractivity contribution in [1.82, 2.24) is 0 Å². The summed E-state index contributed by atoms with van der Waals surface area (Å²) in [5, 5.41) is 0. The summed E-state index contributed by atoms with van der Waals surface area (Å²) in [5.74, 6) is -3.72. The van der Waals surface area contributed by atoms with E-state index in [2.05, 4.69) is 0 Å². The first-order valence-corrected chi connectivity index (χ1v) is 11.5. The Morgan fingerprint density at radius 1 is 1.03 bits per heavy atom. The second-order valence-corrected chi connectivity index (χ2v) is 10.3. The molecular formula is C26H32F6N2O2. The molecule has 0 saturated heterocycles. The molecule has 1 aliphatic rings. The SMILES string of the molecule is CCC(C)(C)/C(=C\CN(C)c1ccc(N2C=C(C(=O)C(F)(F)F)C(C)(C)CC2)cc1)C(=O)C(F)(F)F. The summed E-state index contributed by atoms with van der Waals surface area (Å²) in [7, 11) is 1.66. The summed E-state index contributed by atoms with van der Waals surface area (Å²) in [5.41, 5.74) is -1.29. The maximum atomic E-state index is 13.1. The number of hydrogen-bond donors (Lipinski definition) is 0. The number of Topliss-reactive ketones (excluding diaryl/α,β-unsaturated/α-hetero) is 2. The molecule has 0 atom stereocenters. The van der Waals surface area contributed by atoms with Gasteiger partial charge in [0.1, 0.15) is 0 Å². The van der Waals surface area contributed by atoms with E-state index in [0.717, 1.165) is 0 Å². The monoisotopic (exact) mass is 518 g/mol. The molecule has 4 nitrogen and oxygen atoms in total. The lowest BCUT2D eigenvalue weighted by Gasteiger charge is -2.37. The zero-order valence-electron chi connectivity index (χ0n) is 21.3. The van der Waals surface area contributed by atoms with Crippen molar-refractivity contribution in [3.05, 3.63) is 47.7 Å². The molecule has 1 aromatic carbocycles. The van der Waals surface area contributed by atoms with Crippen LogP contribution in [-0.4, -0.2) is 44.1 Å². The van der Waals surface area contributed by atoms with Gasteiger partial charge in [-0.1, -0.05) is 40.7 Å². The van der Waals surface area contributed by atoms with E-state index < -0.39 is 34.7 Å². The van der Waals surface area contributed by atoms with Gasteiger partial charge in [0.05, 0.1) is 0 Å². The molecule has 0 fully saturated rings. The molecule has 0 aromatic heterocycles. The van der Waals surface area contributed by atoms with Crippen LogP contribution in [0.5, 0.6) is 0 Å². The van der Waals surface area contributed by atoms with Gasteiger partial charge in [0.15, 0.2) is 0 Å². The molecule has 0 saturated carbocycles. The number of carbonyl (C=O) groups excluding carboxylic acids is 2. The van der Waals surface area contributed by atoms with E-state index in [-0.39, 0.29) is 17.7 Å². The van der Waals surface area contributed by atoms with Crippen LogP contribution in [0.15, 0.2) is 47.7 Å². The first kappa shape index (κ1) is 29.5. The molecule has 10 heteroatoms. The van der Waals surface area contributed by atoms with Gasteiger partial charge in [-0.2, -0.15) is 26.3 Å². The maximum absolute atomic E-state index is 13.1. The van der Waals surface area contributed by atoms with Crippen LogP contribution in [0.4, 0.5) is 37.7 Å². The minimum atomic E-state index is -4.97. The molecule has 0 spiro atoms. The molecule has 200 valence electrons. The molecule has 0 aliphatic carbocycles. The topological polar surface area (TPSA) is 40.6 Å². The van der Waals surface area contributed by atoms with Crippen molar-refractivity contribution in [1.29, 1.82) is 0 Å². The highest BCUT2D eigenvalue weighted by atomic mass is 19.4. The highest BCUT2D eigenvalue weighted by molar-refractivity contribution is 6.01. The minimum Gasteiger partial charge on any atom is -0.371 e. The van der Waals surface area contributed by atoms with Crippen LogP contribution >= 0.6 is 0 Å². The zero-order chi connectivity index (χ0) is 27.7. The van der Waals surface area contributed by atoms with Gasteiger partial charge in [0.2, 0.25) is 0 Å². The van der Waals surface area contributed by atoms with Crippen molar-refractivity contribution >= 4 is 22.9 Å². The van der Waals surface area contributed by atoms with Gasteiger partial charge in [-0.3, -0.25) is 9.59 Å². The predicted octanol–water partition coefficient (Wildman–Crippen LogP) is 6.87. The van der Waals surface area contributed by atoms with E-state index in [0.29, 0.717) is 30.8 Å². The molecule has 0 radical (unpaired) electrons. The molecule has 0 bridgehead atoms. The molecular weight excluding hydrogens is 486 g/mol. The fourth-order valence-corrected chi connectivity index (χ4v) is 3.90. The van der Waals surface area contributed by atoms with E-state index >= 15 is 0 Å². The second kappa shape index (κ2) is 10.3. The average molecular weight is 519 g/mol. The number of likely N-dealkylation sites (N-methyl/N-ethyl adjacent to an activating group) is 1. The molecule has 1 aliphatic heterocycles. The maximum Gasteiger partial charge on any atom is 0.454 e. The largest absolute Gasteiger partial charge is 0.454 e. The number of halogens is 6. The van der Waals surface area contributed by atoms with Crippen molar-refractivity contribution < 1.29 is 35.9 Å². The number of rotatable bonds is 8. The molecule has 36 heavy (non-hydrogen) atoms. The lowest BCUT2D eigenvalue weighted by Crippen LogP contribution is -2.39. The summed E-state index contributed by atoms with van der Waals surface area (Å²) >= 11 is 0. The van der Waals surface area contributed by atoms with E-state index in [4.69, 9.17) is 0 Å². The number of benzene rings is 1. The number of nitrogens with zero attached hydrogens (tertiary/aromatic N) is 2. The molecule has 0 N–H and O–H groups in total. The highest BCUT2D eigenvalue weighted by Crippen LogP contribution is 2.40. The van der Waals surface area contributed by atoms with Crippen molar-refractivity contribution in [2.24, 2.45) is 10.8 Å². The van der Waals surface area contributed by atoms with Gasteiger partial charge < -0.3 is 9.80 Å². The van der Waals surface area contributed by atoms with Gasteiger partial charge in [-0.15, -0.1) is 0 Å². The number of anilines is 2. The van der Waals surface area contributed by atoms with E-state index in [1.54, 1.807) is 75.7 Å². The Morgan fingerprint density at radius 3 is 2.06 bits per heavy atom. The Morgan fingerprint density at radius 2 is 1.58 bits per heavy atom. The quantitative estimate of drug-likeness (QED) is 0.278. The molecule has 0 amide bonds. The van der Waals surface area contributed by atoms with Crippen LogP contribution in [0.25, 0.3) is 0 Å². The number of alkyl halides is 6. The Kier molecular flexibility index (Phi) is 8.43. The van der Waals surface area contributed by atoms with Crippen molar-refractivity contribution in [3.63, 3.8) is 0 Å². The van der Waals surface area contributed by atoms with Crippen LogP contribution in [0, 0.1) is 10.8 Å². The van der Waals surface area contributed by atoms with Gasteiger partial charge in [0, 0.05) is 48.9 Å². The first-order chi connectivity index (χ1) is 16.3. The predicted molar refractivity (Wildman–Crippen MR) is 128 cm³/mol. The minimum absolute atomic E-state index is 0.0436. The molecule has 0 unspecified atom stereocenters. The van der Waals surface area contributed by atoms with Crippen molar-refractivity contribution in [3.8, 4) is 0 Å². The standard InChI is InChI=1S/C26H32F6N2O2/c1-7-23(2,3)19(21(35)25(27,28)29)12-14-33(6)17-8-10-18(11-9-17)34-15-13-24(4,5)20(16-34)22(36)26(30,31)32/h8-12,16H,7,13-15H2,1-6H3/b19-12-. The van der Waals surface area contributed by atoms with Crippen LogP contribution in [0.1, 0.15) is 47.5 Å². The summed E-state index contributed by atoms with van der Waals surface area (Å²) in [6, 6.07) is 6.69. The van der Waals surface area contributed by atoms with Crippen LogP contribution in [0.2, 0.25) is 0 Å². The van der Waals surface area contributed by atoms with E-state index in [1.165, 1.54) is 12.3 Å². The zero-order valence-corrected chi connectivity index (χ0v) is 21.3. The van der Waals surface area contributed by atoms with Gasteiger partial charge in [-0.05, 0) is 47.9 Å². The molecule has 1 heterocycles. The molecule has 2 rings (SSSR count). The fourth-order valence-electron chi connectivity index (χ4n) is 3.90. The van der Waals surface area contributed by atoms with Crippen molar-refractivity contribution in [2.75, 3.05) is 29.9 Å². The average Bonchev–Trinajstić information content (AvgIpc) is 2.77. The number of allylic oxidation sites excluding steroid dienone is 2. The normalized spacial score (nSPS) is 17.1. The van der Waals surface area contributed by atoms with Gasteiger partial charge in [0.25, 0.3) is 11.6 Å². The Hall–Kier alpha value is -2.78. The smallest absolute Gasteiger partial charge is 0.371 e. The van der Waals surface area contributed by atoms with Gasteiger partial charge >= 0.3 is 12.4 Å². The third-order valence-corrected chi connectivity index (χ3v) is 6.80. The summed E-state index contributed by atoms with van der Waals surface area (Å²) in [6.45, 7) is 8.54. The van der Waals surface area contributed by atoms with E-state index in [1.807, 2.05) is 0 Å². The first-order valence-electron chi connectivity index (χ1n) is 11.5. The summed E-state index contributed by atoms with van der Waals surface area (Å²) < 4.78 is 78.6. The third-order valence-electron chi connectivity index (χ3n) is 6.80. The number of ketones is 2. The van der Waals surface area contributed by atoms with E-state index in [9.17, 15) is 35.9 Å². The lowest BCUT2D eigenvalue weighted by molar-refractivity contribution is -0.167. The number of carbonyl (C=O) groups is 2. The van der Waals surface area contributed by atoms with Crippen LogP contribution in [0.3, 0.4) is 0 Å². The fraction of sp³-hybridized carbons (Fsp3) is 0.538. The molecule has 1 aromatic rings. The Labute approximate surface area is 207 Å². The third kappa shape index (κ3) is 6.70. The van der Waals surface area contributed by atoms with Gasteiger partial charge in [-0.25, -0.2) is 0 Å². The Balaban J connectivity index is 2.27.